The molecule has 3 amide bonds. The minimum absolute atomic E-state index is 0.184. The number of aromatic nitrogens is 2. The fourth-order valence-electron chi connectivity index (χ4n) is 3.87. The van der Waals surface area contributed by atoms with Crippen molar-refractivity contribution in [2.24, 2.45) is 0 Å². The summed E-state index contributed by atoms with van der Waals surface area (Å²) in [6.07, 6.45) is 2.31. The van der Waals surface area contributed by atoms with Crippen molar-refractivity contribution >= 4 is 35.4 Å². The second-order valence-corrected chi connectivity index (χ2v) is 8.08. The molecule has 2 saturated heterocycles. The molecule has 2 aliphatic heterocycles. The largest absolute Gasteiger partial charge is 0.442 e. The molecule has 0 aliphatic carbocycles. The average Bonchev–Trinajstić information content (AvgIpc) is 3.51. The van der Waals surface area contributed by atoms with Crippen molar-refractivity contribution in [2.45, 2.75) is 13.0 Å². The number of imidazole rings is 1. The van der Waals surface area contributed by atoms with Crippen LogP contribution in [0.3, 0.4) is 0 Å². The summed E-state index contributed by atoms with van der Waals surface area (Å²) >= 11 is 0. The third-order valence-electron chi connectivity index (χ3n) is 5.70. The minimum atomic E-state index is -0.694. The highest BCUT2D eigenvalue weighted by atomic mass is 19.1. The van der Waals surface area contributed by atoms with Gasteiger partial charge in [0, 0.05) is 45.5 Å². The van der Waals surface area contributed by atoms with Gasteiger partial charge in [0.25, 0.3) is 5.91 Å². The average molecular weight is 488 g/mol. The molecule has 35 heavy (non-hydrogen) atoms. The van der Waals surface area contributed by atoms with Gasteiger partial charge in [-0.1, -0.05) is 0 Å². The molecule has 12 nitrogen and oxygen atoms in total. The van der Waals surface area contributed by atoms with Crippen LogP contribution in [0.4, 0.5) is 25.4 Å². The summed E-state index contributed by atoms with van der Waals surface area (Å²) in [5.74, 6) is -1.07. The SMILES string of the molecule is CC(=O)NCC1CN(c2ccc(N3CCN(C(=O)COC(=O)n4ccnc4)CC3)c(F)c2)C(=O)O1. The number of amides is 3. The van der Waals surface area contributed by atoms with Gasteiger partial charge in [0.1, 0.15) is 18.2 Å². The molecule has 186 valence electrons. The highest BCUT2D eigenvalue weighted by molar-refractivity contribution is 5.90. The molecule has 0 saturated carbocycles. The smallest absolute Gasteiger partial charge is 0.419 e. The van der Waals surface area contributed by atoms with E-state index >= 15 is 0 Å². The van der Waals surface area contributed by atoms with Gasteiger partial charge < -0.3 is 24.6 Å². The molecule has 0 radical (unpaired) electrons. The Balaban J connectivity index is 1.29. The molecular formula is C22H25FN6O6. The second kappa shape index (κ2) is 10.4. The minimum Gasteiger partial charge on any atom is -0.442 e. The molecule has 13 heteroatoms. The molecule has 1 aromatic carbocycles. The van der Waals surface area contributed by atoms with Crippen molar-refractivity contribution in [1.29, 1.82) is 0 Å². The number of ether oxygens (including phenoxy) is 2. The quantitative estimate of drug-likeness (QED) is 0.633. The zero-order chi connectivity index (χ0) is 24.9. The molecule has 1 N–H and O–H groups in total. The van der Waals surface area contributed by atoms with Gasteiger partial charge in [-0.05, 0) is 18.2 Å². The van der Waals surface area contributed by atoms with Crippen molar-refractivity contribution in [3.05, 3.63) is 42.7 Å². The third kappa shape index (κ3) is 5.67. The number of anilines is 2. The van der Waals surface area contributed by atoms with Crippen molar-refractivity contribution in [3.8, 4) is 0 Å². The first-order valence-corrected chi connectivity index (χ1v) is 11.0. The molecule has 1 aromatic heterocycles. The number of carbonyl (C=O) groups excluding carboxylic acids is 4. The normalized spacial score (nSPS) is 17.8. The van der Waals surface area contributed by atoms with E-state index in [4.69, 9.17) is 9.47 Å². The highest BCUT2D eigenvalue weighted by Crippen LogP contribution is 2.28. The molecule has 0 spiro atoms. The Morgan fingerprint density at radius 2 is 2.00 bits per heavy atom. The Kier molecular flexibility index (Phi) is 7.13. The van der Waals surface area contributed by atoms with Gasteiger partial charge in [-0.2, -0.15) is 0 Å². The number of cyclic esters (lactones) is 1. The third-order valence-corrected chi connectivity index (χ3v) is 5.70. The number of carbonyl (C=O) groups is 4. The van der Waals surface area contributed by atoms with E-state index in [-0.39, 0.29) is 24.9 Å². The molecule has 1 atom stereocenters. The van der Waals surface area contributed by atoms with Crippen LogP contribution < -0.4 is 15.1 Å². The fraction of sp³-hybridized carbons (Fsp3) is 0.409. The number of piperazine rings is 1. The summed E-state index contributed by atoms with van der Waals surface area (Å²) in [7, 11) is 0. The summed E-state index contributed by atoms with van der Waals surface area (Å²) in [6, 6.07) is 4.49. The summed E-state index contributed by atoms with van der Waals surface area (Å²) < 4.78 is 26.3. The molecule has 2 aromatic rings. The second-order valence-electron chi connectivity index (χ2n) is 8.08. The maximum atomic E-state index is 14.9. The van der Waals surface area contributed by atoms with Crippen molar-refractivity contribution in [1.82, 2.24) is 19.8 Å². The van der Waals surface area contributed by atoms with E-state index in [1.54, 1.807) is 17.0 Å². The van der Waals surface area contributed by atoms with E-state index in [2.05, 4.69) is 10.3 Å². The van der Waals surface area contributed by atoms with Gasteiger partial charge in [-0.3, -0.25) is 14.5 Å². The van der Waals surface area contributed by atoms with E-state index in [1.165, 1.54) is 36.6 Å². The first-order chi connectivity index (χ1) is 16.8. The fourth-order valence-corrected chi connectivity index (χ4v) is 3.87. The molecule has 4 rings (SSSR count). The molecule has 0 bridgehead atoms. The Morgan fingerprint density at radius 1 is 1.23 bits per heavy atom. The number of nitrogens with one attached hydrogen (secondary N) is 1. The van der Waals surface area contributed by atoms with Crippen LogP contribution in [-0.2, 0) is 19.1 Å². The molecule has 2 fully saturated rings. The summed E-state index contributed by atoms with van der Waals surface area (Å²) in [4.78, 5) is 55.9. The predicted octanol–water partition coefficient (Wildman–Crippen LogP) is 0.817. The number of rotatable bonds is 6. The lowest BCUT2D eigenvalue weighted by molar-refractivity contribution is -0.134. The highest BCUT2D eigenvalue weighted by Gasteiger charge is 2.33. The van der Waals surface area contributed by atoms with Crippen LogP contribution in [0.5, 0.6) is 0 Å². The lowest BCUT2D eigenvalue weighted by Crippen LogP contribution is -2.50. The van der Waals surface area contributed by atoms with Crippen LogP contribution in [0.15, 0.2) is 36.9 Å². The van der Waals surface area contributed by atoms with Gasteiger partial charge in [0.15, 0.2) is 6.61 Å². The van der Waals surface area contributed by atoms with Crippen molar-refractivity contribution in [3.63, 3.8) is 0 Å². The summed E-state index contributed by atoms with van der Waals surface area (Å²) in [5, 5.41) is 2.60. The van der Waals surface area contributed by atoms with Crippen LogP contribution in [0.1, 0.15) is 6.92 Å². The van der Waals surface area contributed by atoms with E-state index in [0.29, 0.717) is 37.6 Å². The Labute approximate surface area is 200 Å². The number of halogens is 1. The summed E-state index contributed by atoms with van der Waals surface area (Å²) in [5.41, 5.74) is 0.713. The van der Waals surface area contributed by atoms with E-state index in [0.717, 1.165) is 4.57 Å². The lowest BCUT2D eigenvalue weighted by Gasteiger charge is -2.36. The van der Waals surface area contributed by atoms with E-state index in [1.807, 2.05) is 4.90 Å². The Hall–Kier alpha value is -4.16. The zero-order valence-corrected chi connectivity index (χ0v) is 19.1. The van der Waals surface area contributed by atoms with E-state index in [9.17, 15) is 23.6 Å². The molecule has 3 heterocycles. The van der Waals surface area contributed by atoms with Gasteiger partial charge in [-0.25, -0.2) is 23.5 Å². The number of hydrogen-bond acceptors (Lipinski definition) is 8. The molecular weight excluding hydrogens is 463 g/mol. The topological polar surface area (TPSA) is 126 Å². The van der Waals surface area contributed by atoms with Crippen LogP contribution in [0.25, 0.3) is 0 Å². The maximum absolute atomic E-state index is 14.9. The first kappa shape index (κ1) is 24.0. The van der Waals surface area contributed by atoms with Crippen molar-refractivity contribution in [2.75, 3.05) is 55.7 Å². The Morgan fingerprint density at radius 3 is 2.66 bits per heavy atom. The van der Waals surface area contributed by atoms with Crippen LogP contribution in [-0.4, -0.2) is 90.4 Å². The first-order valence-electron chi connectivity index (χ1n) is 11.0. The van der Waals surface area contributed by atoms with E-state index < -0.39 is 30.7 Å². The van der Waals surface area contributed by atoms with Gasteiger partial charge in [0.05, 0.1) is 24.5 Å². The maximum Gasteiger partial charge on any atom is 0.419 e. The van der Waals surface area contributed by atoms with Gasteiger partial charge in [0.2, 0.25) is 5.91 Å². The monoisotopic (exact) mass is 488 g/mol. The number of hydrogen-bond donors (Lipinski definition) is 1. The molecule has 1 unspecified atom stereocenters. The number of benzene rings is 1. The zero-order valence-electron chi connectivity index (χ0n) is 19.1. The van der Waals surface area contributed by atoms with Crippen molar-refractivity contribution < 1.29 is 33.0 Å². The summed E-state index contributed by atoms with van der Waals surface area (Å²) in [6.45, 7) is 2.82. The lowest BCUT2D eigenvalue weighted by atomic mass is 10.2. The Bertz CT molecular complexity index is 1100. The van der Waals surface area contributed by atoms with Gasteiger partial charge in [-0.15, -0.1) is 0 Å². The number of nitrogens with zero attached hydrogens (tertiary/aromatic N) is 5. The van der Waals surface area contributed by atoms with Crippen LogP contribution in [0, 0.1) is 5.82 Å². The van der Waals surface area contributed by atoms with Crippen LogP contribution >= 0.6 is 0 Å². The predicted molar refractivity (Wildman–Crippen MR) is 120 cm³/mol. The standard InChI is InChI=1S/C22H25FN6O6/c1-15(30)25-11-17-12-29(22(33)35-17)16-2-3-19(18(23)10-16)26-6-8-27(9-7-26)20(31)13-34-21(32)28-5-4-24-14-28/h2-5,10,14,17H,6-9,11-13H2,1H3,(H,25,30). The van der Waals surface area contributed by atoms with Gasteiger partial charge >= 0.3 is 12.2 Å². The van der Waals surface area contributed by atoms with Crippen LogP contribution in [0.2, 0.25) is 0 Å². The molecule has 2 aliphatic rings.